The van der Waals surface area contributed by atoms with Gasteiger partial charge in [-0.05, 0) is 55.5 Å². The summed E-state index contributed by atoms with van der Waals surface area (Å²) in [5.74, 6) is 2.23. The molecule has 0 saturated heterocycles. The topological polar surface area (TPSA) is 75.2 Å². The Balaban J connectivity index is 1.45. The molecule has 0 aliphatic carbocycles. The summed E-state index contributed by atoms with van der Waals surface area (Å²) in [6.45, 7) is 7.45. The summed E-state index contributed by atoms with van der Waals surface area (Å²) in [4.78, 5) is 18.8. The number of nitrogens with one attached hydrogen (secondary N) is 2. The molecule has 2 N–H and O–H groups in total. The Bertz CT molecular complexity index is 929. The molecule has 0 atom stereocenters. The zero-order valence-electron chi connectivity index (χ0n) is 19.3. The van der Waals surface area contributed by atoms with E-state index in [0.717, 1.165) is 36.4 Å². The molecule has 0 unspecified atom stereocenters. The molecule has 172 valence electrons. The van der Waals surface area contributed by atoms with E-state index in [1.54, 1.807) is 7.05 Å². The van der Waals surface area contributed by atoms with Crippen molar-refractivity contribution in [3.05, 3.63) is 59.2 Å². The largest absolute Gasteiger partial charge is 0.490 e. The van der Waals surface area contributed by atoms with Crippen LogP contribution in [0.4, 0.5) is 0 Å². The molecule has 0 fully saturated rings. The van der Waals surface area contributed by atoms with Gasteiger partial charge in [-0.2, -0.15) is 0 Å². The Labute approximate surface area is 190 Å². The Morgan fingerprint density at radius 3 is 2.53 bits per heavy atom. The highest BCUT2D eigenvalue weighted by molar-refractivity contribution is 5.86. The predicted molar refractivity (Wildman–Crippen MR) is 127 cm³/mol. The molecule has 2 aromatic rings. The average molecular weight is 439 g/mol. The van der Waals surface area contributed by atoms with E-state index in [4.69, 9.17) is 9.47 Å². The third-order valence-electron chi connectivity index (χ3n) is 5.43. The summed E-state index contributed by atoms with van der Waals surface area (Å²) in [5, 5.41) is 6.42. The lowest BCUT2D eigenvalue weighted by atomic mass is 10.00. The number of guanidine groups is 1. The first-order chi connectivity index (χ1) is 15.6. The normalized spacial score (nSPS) is 13.3. The van der Waals surface area contributed by atoms with Gasteiger partial charge >= 0.3 is 0 Å². The van der Waals surface area contributed by atoms with Crippen molar-refractivity contribution in [2.75, 3.05) is 39.9 Å². The summed E-state index contributed by atoms with van der Waals surface area (Å²) < 4.78 is 11.3. The second-order valence-electron chi connectivity index (χ2n) is 7.58. The van der Waals surface area contributed by atoms with Crippen molar-refractivity contribution in [1.82, 2.24) is 15.5 Å². The lowest BCUT2D eigenvalue weighted by molar-refractivity contribution is -0.130. The van der Waals surface area contributed by atoms with Gasteiger partial charge in [-0.15, -0.1) is 0 Å². The first-order valence-corrected chi connectivity index (χ1v) is 11.3. The minimum absolute atomic E-state index is 0.0790. The Morgan fingerprint density at radius 2 is 1.78 bits per heavy atom. The number of hydrogen-bond donors (Lipinski definition) is 2. The highest BCUT2D eigenvalue weighted by Gasteiger charge is 2.20. The average Bonchev–Trinajstić information content (AvgIpc) is 2.82. The van der Waals surface area contributed by atoms with E-state index < -0.39 is 0 Å². The van der Waals surface area contributed by atoms with Crippen LogP contribution in [0.2, 0.25) is 0 Å². The summed E-state index contributed by atoms with van der Waals surface area (Å²) in [7, 11) is 1.71. The second kappa shape index (κ2) is 12.0. The predicted octanol–water partition coefficient (Wildman–Crippen LogP) is 2.78. The van der Waals surface area contributed by atoms with Crippen LogP contribution in [0.3, 0.4) is 0 Å². The molecule has 0 bridgehead atoms. The fourth-order valence-corrected chi connectivity index (χ4v) is 3.78. The van der Waals surface area contributed by atoms with Crippen LogP contribution in [0.15, 0.2) is 47.5 Å². The fourth-order valence-electron chi connectivity index (χ4n) is 3.78. The van der Waals surface area contributed by atoms with E-state index >= 15 is 0 Å². The van der Waals surface area contributed by atoms with E-state index in [1.165, 1.54) is 11.1 Å². The molecule has 0 saturated carbocycles. The van der Waals surface area contributed by atoms with Gasteiger partial charge in [-0.25, -0.2) is 0 Å². The van der Waals surface area contributed by atoms with E-state index in [-0.39, 0.29) is 12.5 Å². The Morgan fingerprint density at radius 1 is 1.03 bits per heavy atom. The summed E-state index contributed by atoms with van der Waals surface area (Å²) in [6.07, 6.45) is 1.70. The highest BCUT2D eigenvalue weighted by Crippen LogP contribution is 2.28. The van der Waals surface area contributed by atoms with Crippen molar-refractivity contribution in [1.29, 1.82) is 0 Å². The molecule has 7 heteroatoms. The van der Waals surface area contributed by atoms with Crippen molar-refractivity contribution in [3.63, 3.8) is 0 Å². The van der Waals surface area contributed by atoms with Crippen LogP contribution in [0, 0.1) is 0 Å². The van der Waals surface area contributed by atoms with Gasteiger partial charge in [0.05, 0.1) is 19.8 Å². The van der Waals surface area contributed by atoms with Gasteiger partial charge in [0.1, 0.15) is 0 Å². The van der Waals surface area contributed by atoms with E-state index in [0.29, 0.717) is 32.3 Å². The smallest absolute Gasteiger partial charge is 0.242 e. The van der Waals surface area contributed by atoms with Crippen LogP contribution in [0.25, 0.3) is 0 Å². The summed E-state index contributed by atoms with van der Waals surface area (Å²) in [5.41, 5.74) is 3.71. The number of fused-ring (bicyclic) bond motifs is 1. The van der Waals surface area contributed by atoms with Crippen molar-refractivity contribution < 1.29 is 14.3 Å². The number of benzene rings is 2. The molecule has 0 radical (unpaired) electrons. The van der Waals surface area contributed by atoms with Gasteiger partial charge < -0.3 is 25.0 Å². The third-order valence-corrected chi connectivity index (χ3v) is 5.43. The molecule has 7 nitrogen and oxygen atoms in total. The van der Waals surface area contributed by atoms with Gasteiger partial charge in [0.2, 0.25) is 5.91 Å². The molecule has 1 aliphatic rings. The second-order valence-corrected chi connectivity index (χ2v) is 7.58. The quantitative estimate of drug-likeness (QED) is 0.465. The minimum Gasteiger partial charge on any atom is -0.490 e. The van der Waals surface area contributed by atoms with Crippen LogP contribution >= 0.6 is 0 Å². The molecule has 3 rings (SSSR count). The van der Waals surface area contributed by atoms with Gasteiger partial charge in [-0.3, -0.25) is 9.79 Å². The van der Waals surface area contributed by atoms with Gasteiger partial charge in [0.15, 0.2) is 17.5 Å². The van der Waals surface area contributed by atoms with Crippen LogP contribution < -0.4 is 20.1 Å². The fraction of sp³-hybridized carbons (Fsp3) is 0.440. The van der Waals surface area contributed by atoms with Crippen molar-refractivity contribution in [2.45, 2.75) is 33.2 Å². The van der Waals surface area contributed by atoms with Crippen LogP contribution in [0.5, 0.6) is 11.5 Å². The van der Waals surface area contributed by atoms with Crippen molar-refractivity contribution in [3.8, 4) is 11.5 Å². The maximum absolute atomic E-state index is 12.7. The lowest BCUT2D eigenvalue weighted by Crippen LogP contribution is -2.46. The molecule has 32 heavy (non-hydrogen) atoms. The number of hydrogen-bond acceptors (Lipinski definition) is 4. The molecule has 2 aromatic carbocycles. The SMILES string of the molecule is CCOc1ccc(CCNC(=NC)NCC(=O)N2CCc3ccccc3C2)cc1OCC. The maximum atomic E-state index is 12.7. The van der Waals surface area contributed by atoms with Gasteiger partial charge in [-0.1, -0.05) is 30.3 Å². The molecule has 0 aromatic heterocycles. The van der Waals surface area contributed by atoms with Crippen LogP contribution in [0.1, 0.15) is 30.5 Å². The zero-order chi connectivity index (χ0) is 22.8. The summed E-state index contributed by atoms with van der Waals surface area (Å²) in [6, 6.07) is 14.3. The monoisotopic (exact) mass is 438 g/mol. The van der Waals surface area contributed by atoms with Crippen molar-refractivity contribution in [2.24, 2.45) is 4.99 Å². The zero-order valence-corrected chi connectivity index (χ0v) is 19.3. The lowest BCUT2D eigenvalue weighted by Gasteiger charge is -2.29. The number of carbonyl (C=O) groups is 1. The van der Waals surface area contributed by atoms with Gasteiger partial charge in [0, 0.05) is 26.7 Å². The highest BCUT2D eigenvalue weighted by atomic mass is 16.5. The molecular weight excluding hydrogens is 404 g/mol. The maximum Gasteiger partial charge on any atom is 0.242 e. The molecule has 1 amide bonds. The Hall–Kier alpha value is -3.22. The van der Waals surface area contributed by atoms with Crippen LogP contribution in [-0.4, -0.2) is 56.7 Å². The number of aliphatic imine (C=N–C) groups is 1. The van der Waals surface area contributed by atoms with E-state index in [1.807, 2.05) is 43.0 Å². The van der Waals surface area contributed by atoms with Crippen molar-refractivity contribution >= 4 is 11.9 Å². The number of nitrogens with zero attached hydrogens (tertiary/aromatic N) is 2. The number of carbonyl (C=O) groups excluding carboxylic acids is 1. The summed E-state index contributed by atoms with van der Waals surface area (Å²) >= 11 is 0. The van der Waals surface area contributed by atoms with Crippen LogP contribution in [-0.2, 0) is 24.2 Å². The number of rotatable bonds is 9. The standard InChI is InChI=1S/C25H34N4O3/c1-4-31-22-11-10-19(16-23(22)32-5-2)12-14-27-25(26-3)28-17-24(30)29-15-13-20-8-6-7-9-21(20)18-29/h6-11,16H,4-5,12-15,17-18H2,1-3H3,(H2,26,27,28). The van der Waals surface area contributed by atoms with E-state index in [9.17, 15) is 4.79 Å². The third kappa shape index (κ3) is 6.39. The Kier molecular flexibility index (Phi) is 8.78. The molecular formula is C25H34N4O3. The first kappa shape index (κ1) is 23.4. The number of amides is 1. The first-order valence-electron chi connectivity index (χ1n) is 11.3. The van der Waals surface area contributed by atoms with Gasteiger partial charge in [0.25, 0.3) is 0 Å². The molecule has 1 aliphatic heterocycles. The minimum atomic E-state index is 0.0790. The van der Waals surface area contributed by atoms with E-state index in [2.05, 4.69) is 33.8 Å². The molecule has 0 spiro atoms. The molecule has 1 heterocycles. The number of ether oxygens (including phenoxy) is 2.